The molecule has 0 spiro atoms. The summed E-state index contributed by atoms with van der Waals surface area (Å²) in [5.74, 6) is 0. The summed E-state index contributed by atoms with van der Waals surface area (Å²) in [5, 5.41) is 0.422. The van der Waals surface area contributed by atoms with E-state index < -0.39 is 20.0 Å². The number of rotatable bonds is 7. The summed E-state index contributed by atoms with van der Waals surface area (Å²) >= 11 is 5.86. The fraction of sp³-hybridized carbons (Fsp3) is 0.182. The number of sulfonamides is 2. The summed E-state index contributed by atoms with van der Waals surface area (Å²) in [4.78, 5) is 0.0909. The van der Waals surface area contributed by atoms with Crippen LogP contribution < -0.4 is 9.03 Å². The second-order valence-corrected chi connectivity index (χ2v) is 11.3. The summed E-state index contributed by atoms with van der Waals surface area (Å²) in [6, 6.07) is 18.0. The molecule has 164 valence electrons. The van der Waals surface area contributed by atoms with Gasteiger partial charge in [-0.3, -0.25) is 4.31 Å². The van der Waals surface area contributed by atoms with Crippen molar-refractivity contribution in [3.63, 3.8) is 0 Å². The first-order chi connectivity index (χ1) is 14.5. The van der Waals surface area contributed by atoms with Crippen LogP contribution >= 0.6 is 11.6 Å². The van der Waals surface area contributed by atoms with Crippen molar-refractivity contribution >= 4 is 37.3 Å². The highest BCUT2D eigenvalue weighted by atomic mass is 35.5. The van der Waals surface area contributed by atoms with E-state index in [1.807, 2.05) is 30.3 Å². The molecule has 0 atom stereocenters. The number of benzene rings is 3. The second kappa shape index (κ2) is 9.00. The molecule has 0 amide bonds. The summed E-state index contributed by atoms with van der Waals surface area (Å²) in [6.07, 6.45) is 0. The topological polar surface area (TPSA) is 83.6 Å². The molecule has 0 aliphatic carbocycles. The highest BCUT2D eigenvalue weighted by molar-refractivity contribution is 7.92. The molecule has 0 aliphatic heterocycles. The van der Waals surface area contributed by atoms with E-state index in [9.17, 15) is 16.8 Å². The number of hydrogen-bond acceptors (Lipinski definition) is 4. The zero-order chi connectivity index (χ0) is 22.8. The molecule has 0 aliphatic rings. The highest BCUT2D eigenvalue weighted by Crippen LogP contribution is 2.30. The van der Waals surface area contributed by atoms with E-state index >= 15 is 0 Å². The lowest BCUT2D eigenvalue weighted by Gasteiger charge is -2.23. The third kappa shape index (κ3) is 5.10. The molecule has 3 aromatic rings. The highest BCUT2D eigenvalue weighted by Gasteiger charge is 2.26. The van der Waals surface area contributed by atoms with Crippen LogP contribution in [0, 0.1) is 13.8 Å². The van der Waals surface area contributed by atoms with Gasteiger partial charge < -0.3 is 0 Å². The van der Waals surface area contributed by atoms with Gasteiger partial charge in [-0.05, 0) is 60.9 Å². The Bertz CT molecular complexity index is 1290. The largest absolute Gasteiger partial charge is 0.269 e. The van der Waals surface area contributed by atoms with E-state index in [-0.39, 0.29) is 22.0 Å². The molecule has 3 rings (SSSR count). The molecule has 0 unspecified atom stereocenters. The molecule has 0 bridgehead atoms. The normalized spacial score (nSPS) is 12.0. The second-order valence-electron chi connectivity index (χ2n) is 7.14. The quantitative estimate of drug-likeness (QED) is 0.550. The Morgan fingerprint density at radius 3 is 2.10 bits per heavy atom. The first-order valence-electron chi connectivity index (χ1n) is 9.42. The summed E-state index contributed by atoms with van der Waals surface area (Å²) in [5.41, 5.74) is 2.26. The fourth-order valence-electron chi connectivity index (χ4n) is 3.20. The number of nitrogens with zero attached hydrogens (tertiary/aromatic N) is 1. The van der Waals surface area contributed by atoms with E-state index in [1.54, 1.807) is 19.9 Å². The van der Waals surface area contributed by atoms with E-state index in [4.69, 9.17) is 11.6 Å². The number of anilines is 1. The van der Waals surface area contributed by atoms with Crippen LogP contribution in [0.3, 0.4) is 0 Å². The van der Waals surface area contributed by atoms with Gasteiger partial charge in [-0.2, -0.15) is 0 Å². The van der Waals surface area contributed by atoms with Crippen LogP contribution in [0.1, 0.15) is 16.7 Å². The maximum atomic E-state index is 13.1. The molecule has 0 radical (unpaired) electrons. The minimum atomic E-state index is -3.90. The fourth-order valence-corrected chi connectivity index (χ4v) is 5.84. The van der Waals surface area contributed by atoms with Crippen LogP contribution in [0.15, 0.2) is 76.5 Å². The van der Waals surface area contributed by atoms with Gasteiger partial charge in [0, 0.05) is 18.6 Å². The zero-order valence-electron chi connectivity index (χ0n) is 17.3. The monoisotopic (exact) mass is 478 g/mol. The average Bonchev–Trinajstić information content (AvgIpc) is 2.73. The number of hydrogen-bond donors (Lipinski definition) is 1. The Labute approximate surface area is 188 Å². The molecule has 0 saturated carbocycles. The molecule has 0 heterocycles. The number of nitrogens with one attached hydrogen (secondary N) is 1. The summed E-state index contributed by atoms with van der Waals surface area (Å²) < 4.78 is 55.8. The molecule has 0 aromatic heterocycles. The Kier molecular flexibility index (Phi) is 6.76. The van der Waals surface area contributed by atoms with Crippen molar-refractivity contribution < 1.29 is 16.8 Å². The van der Waals surface area contributed by atoms with Gasteiger partial charge in [-0.15, -0.1) is 0 Å². The van der Waals surface area contributed by atoms with E-state index in [0.717, 1.165) is 9.87 Å². The van der Waals surface area contributed by atoms with Crippen molar-refractivity contribution in [2.45, 2.75) is 30.2 Å². The van der Waals surface area contributed by atoms with Crippen LogP contribution in [0.2, 0.25) is 5.02 Å². The Hall–Kier alpha value is -2.39. The predicted octanol–water partition coefficient (Wildman–Crippen LogP) is 4.26. The molecular weight excluding hydrogens is 456 g/mol. The molecule has 1 N–H and O–H groups in total. The van der Waals surface area contributed by atoms with Gasteiger partial charge in [-0.25, -0.2) is 21.6 Å². The first-order valence-corrected chi connectivity index (χ1v) is 12.7. The lowest BCUT2D eigenvalue weighted by Crippen LogP contribution is -2.28. The van der Waals surface area contributed by atoms with Gasteiger partial charge in [0.15, 0.2) is 0 Å². The molecule has 9 heteroatoms. The first kappa shape index (κ1) is 23.3. The Balaban J connectivity index is 1.97. The van der Waals surface area contributed by atoms with Gasteiger partial charge in [0.05, 0.1) is 15.5 Å². The minimum absolute atomic E-state index is 0.0298. The van der Waals surface area contributed by atoms with Crippen molar-refractivity contribution in [1.29, 1.82) is 0 Å². The predicted molar refractivity (Wildman–Crippen MR) is 123 cm³/mol. The lowest BCUT2D eigenvalue weighted by atomic mass is 10.1. The molecule has 0 saturated heterocycles. The van der Waals surface area contributed by atoms with Gasteiger partial charge >= 0.3 is 0 Å². The summed E-state index contributed by atoms with van der Waals surface area (Å²) in [7, 11) is -6.37. The smallest absolute Gasteiger partial charge is 0.264 e. The Morgan fingerprint density at radius 2 is 1.48 bits per heavy atom. The van der Waals surface area contributed by atoms with Crippen molar-refractivity contribution in [3.8, 4) is 0 Å². The van der Waals surface area contributed by atoms with E-state index in [1.165, 1.54) is 37.4 Å². The van der Waals surface area contributed by atoms with Crippen LogP contribution in [-0.2, 0) is 26.6 Å². The number of aryl methyl sites for hydroxylation is 2. The van der Waals surface area contributed by atoms with E-state index in [0.29, 0.717) is 16.1 Å². The van der Waals surface area contributed by atoms with Gasteiger partial charge in [0.25, 0.3) is 10.0 Å². The van der Waals surface area contributed by atoms with Crippen LogP contribution in [0.25, 0.3) is 0 Å². The van der Waals surface area contributed by atoms with Gasteiger partial charge in [0.2, 0.25) is 10.0 Å². The SMILES string of the molecule is Cc1cc(C)c(S(=O)(=O)NCc2ccccc2)cc1N(C)S(=O)(=O)c1ccc(Cl)cc1. The van der Waals surface area contributed by atoms with E-state index in [2.05, 4.69) is 4.72 Å². The standard InChI is InChI=1S/C22H23ClN2O4S2/c1-16-13-17(2)22(30(26,27)24-15-18-7-5-4-6-8-18)14-21(16)25(3)31(28,29)20-11-9-19(23)10-12-20/h4-14,24H,15H2,1-3H3. The van der Waals surface area contributed by atoms with Crippen LogP contribution in [0.5, 0.6) is 0 Å². The van der Waals surface area contributed by atoms with Gasteiger partial charge in [0.1, 0.15) is 0 Å². The molecule has 3 aromatic carbocycles. The van der Waals surface area contributed by atoms with Crippen LogP contribution in [-0.4, -0.2) is 23.9 Å². The molecular formula is C22H23ClN2O4S2. The molecule has 31 heavy (non-hydrogen) atoms. The average molecular weight is 479 g/mol. The van der Waals surface area contributed by atoms with Crippen molar-refractivity contribution in [3.05, 3.63) is 88.4 Å². The van der Waals surface area contributed by atoms with Crippen LogP contribution in [0.4, 0.5) is 5.69 Å². The minimum Gasteiger partial charge on any atom is -0.269 e. The zero-order valence-corrected chi connectivity index (χ0v) is 19.7. The van der Waals surface area contributed by atoms with Crippen molar-refractivity contribution in [1.82, 2.24) is 4.72 Å². The molecule has 6 nitrogen and oxygen atoms in total. The Morgan fingerprint density at radius 1 is 0.871 bits per heavy atom. The summed E-state index contributed by atoms with van der Waals surface area (Å²) in [6.45, 7) is 3.55. The lowest BCUT2D eigenvalue weighted by molar-refractivity contribution is 0.580. The third-order valence-electron chi connectivity index (χ3n) is 4.90. The maximum Gasteiger partial charge on any atom is 0.264 e. The van der Waals surface area contributed by atoms with Gasteiger partial charge in [-0.1, -0.05) is 48.0 Å². The van der Waals surface area contributed by atoms with Crippen molar-refractivity contribution in [2.75, 3.05) is 11.4 Å². The third-order valence-corrected chi connectivity index (χ3v) is 8.48. The van der Waals surface area contributed by atoms with Crippen molar-refractivity contribution in [2.24, 2.45) is 0 Å². The maximum absolute atomic E-state index is 13.1. The number of halogens is 1. The molecule has 0 fully saturated rings.